The molecule has 12 heteroatoms. The van der Waals surface area contributed by atoms with E-state index in [9.17, 15) is 23.2 Å². The average molecular weight is 430 g/mol. The largest absolute Gasteiger partial charge is 0.461 e. The van der Waals surface area contributed by atoms with Gasteiger partial charge in [-0.2, -0.15) is 5.10 Å². The van der Waals surface area contributed by atoms with Gasteiger partial charge in [0.25, 0.3) is 11.8 Å². The summed E-state index contributed by atoms with van der Waals surface area (Å²) in [4.78, 5) is 37.8. The molecule has 2 amide bonds. The van der Waals surface area contributed by atoms with Crippen LogP contribution in [0.4, 0.5) is 14.6 Å². The molecule has 1 aromatic carbocycles. The molecular weight excluding hydrogens is 412 g/mol. The Morgan fingerprint density at radius 3 is 2.45 bits per heavy atom. The van der Waals surface area contributed by atoms with Gasteiger partial charge >= 0.3 is 5.97 Å². The van der Waals surface area contributed by atoms with E-state index in [0.29, 0.717) is 12.1 Å². The van der Waals surface area contributed by atoms with Crippen LogP contribution in [0, 0.1) is 11.6 Å². The highest BCUT2D eigenvalue weighted by Crippen LogP contribution is 2.24. The lowest BCUT2D eigenvalue weighted by Gasteiger charge is -2.23. The van der Waals surface area contributed by atoms with Crippen molar-refractivity contribution >= 4 is 35.2 Å². The molecule has 1 atom stereocenters. The third-order valence-electron chi connectivity index (χ3n) is 3.69. The Labute approximate surface area is 169 Å². The Kier molecular flexibility index (Phi) is 6.88. The zero-order chi connectivity index (χ0) is 21.9. The lowest BCUT2D eigenvalue weighted by molar-refractivity contribution is -0.125. The summed E-state index contributed by atoms with van der Waals surface area (Å²) >= 11 is 5.82. The number of hydrogen-bond donors (Lipinski definition) is 2. The number of carbonyl (C=O) groups is 3. The fourth-order valence-electron chi connectivity index (χ4n) is 2.45. The summed E-state index contributed by atoms with van der Waals surface area (Å²) in [7, 11) is 3.05. The zero-order valence-electron chi connectivity index (χ0n) is 15.7. The van der Waals surface area contributed by atoms with Crippen LogP contribution in [0.1, 0.15) is 33.9 Å². The molecule has 156 valence electrons. The number of amides is 2. The molecule has 0 bridgehead atoms. The number of ether oxygens (including phenoxy) is 1. The third kappa shape index (κ3) is 4.87. The minimum Gasteiger partial charge on any atom is -0.461 e. The first kappa shape index (κ1) is 22.2. The molecule has 3 N–H and O–H groups in total. The van der Waals surface area contributed by atoms with Gasteiger partial charge in [-0.15, -0.1) is 0 Å². The lowest BCUT2D eigenvalue weighted by atomic mass is 10.2. The number of benzene rings is 1. The summed E-state index contributed by atoms with van der Waals surface area (Å²) in [6.45, 7) is 1.67. The summed E-state index contributed by atoms with van der Waals surface area (Å²) in [5.74, 6) is -5.15. The Morgan fingerprint density at radius 2 is 1.90 bits per heavy atom. The number of nitrogens with zero attached hydrogens (tertiary/aromatic N) is 3. The number of nitrogens with one attached hydrogen (secondary N) is 1. The number of primary amides is 1. The highest BCUT2D eigenvalue weighted by Gasteiger charge is 2.28. The average Bonchev–Trinajstić information content (AvgIpc) is 3.01. The van der Waals surface area contributed by atoms with Crippen molar-refractivity contribution in [3.8, 4) is 0 Å². The molecule has 1 unspecified atom stereocenters. The zero-order valence-corrected chi connectivity index (χ0v) is 16.5. The van der Waals surface area contributed by atoms with Crippen molar-refractivity contribution in [1.82, 2.24) is 14.7 Å². The SMILES string of the molecule is CCOC(=O)c1cc(NC(=O)c2cc(F)c(F)cc2Cl)n(C(C(N)=O)N(C)C)n1. The molecule has 2 aromatic rings. The van der Waals surface area contributed by atoms with Gasteiger partial charge in [-0.25, -0.2) is 18.3 Å². The first-order valence-electron chi connectivity index (χ1n) is 8.25. The van der Waals surface area contributed by atoms with Crippen LogP contribution in [0.5, 0.6) is 0 Å². The summed E-state index contributed by atoms with van der Waals surface area (Å²) in [5, 5.41) is 6.02. The predicted molar refractivity (Wildman–Crippen MR) is 99.4 cm³/mol. The maximum Gasteiger partial charge on any atom is 0.358 e. The highest BCUT2D eigenvalue weighted by molar-refractivity contribution is 6.34. The van der Waals surface area contributed by atoms with Gasteiger partial charge in [-0.1, -0.05) is 11.6 Å². The van der Waals surface area contributed by atoms with E-state index in [4.69, 9.17) is 22.1 Å². The second kappa shape index (κ2) is 8.97. The van der Waals surface area contributed by atoms with Crippen LogP contribution in [-0.2, 0) is 9.53 Å². The number of esters is 1. The Bertz CT molecular complexity index is 964. The maximum atomic E-state index is 13.5. The van der Waals surface area contributed by atoms with Gasteiger partial charge in [0.1, 0.15) is 5.82 Å². The van der Waals surface area contributed by atoms with Crippen LogP contribution in [0.2, 0.25) is 5.02 Å². The second-order valence-electron chi connectivity index (χ2n) is 6.02. The molecule has 0 radical (unpaired) electrons. The molecule has 1 heterocycles. The van der Waals surface area contributed by atoms with E-state index in [2.05, 4.69) is 10.4 Å². The topological polar surface area (TPSA) is 120 Å². The molecule has 0 aliphatic rings. The van der Waals surface area contributed by atoms with Crippen molar-refractivity contribution in [1.29, 1.82) is 0 Å². The normalized spacial score (nSPS) is 12.0. The van der Waals surface area contributed by atoms with E-state index in [0.717, 1.165) is 10.7 Å². The van der Waals surface area contributed by atoms with Gasteiger partial charge in [-0.05, 0) is 33.2 Å². The van der Waals surface area contributed by atoms with Gasteiger partial charge in [-0.3, -0.25) is 14.5 Å². The fraction of sp³-hybridized carbons (Fsp3) is 0.294. The summed E-state index contributed by atoms with van der Waals surface area (Å²) in [6.07, 6.45) is -1.17. The number of rotatable bonds is 7. The molecule has 1 aromatic heterocycles. The van der Waals surface area contributed by atoms with Crippen LogP contribution < -0.4 is 11.1 Å². The molecule has 0 fully saturated rings. The first-order chi connectivity index (χ1) is 13.6. The van der Waals surface area contributed by atoms with Crippen LogP contribution in [0.25, 0.3) is 0 Å². The van der Waals surface area contributed by atoms with Gasteiger partial charge < -0.3 is 15.8 Å². The third-order valence-corrected chi connectivity index (χ3v) is 4.00. The Morgan fingerprint density at radius 1 is 1.28 bits per heavy atom. The number of hydrogen-bond acceptors (Lipinski definition) is 6. The smallest absolute Gasteiger partial charge is 0.358 e. The van der Waals surface area contributed by atoms with Crippen molar-refractivity contribution in [3.63, 3.8) is 0 Å². The van der Waals surface area contributed by atoms with Gasteiger partial charge in [0, 0.05) is 6.07 Å². The molecule has 0 saturated heterocycles. The van der Waals surface area contributed by atoms with Crippen molar-refractivity contribution in [3.05, 3.63) is 46.1 Å². The van der Waals surface area contributed by atoms with E-state index in [1.54, 1.807) is 6.92 Å². The van der Waals surface area contributed by atoms with Gasteiger partial charge in [0.05, 0.1) is 17.2 Å². The van der Waals surface area contributed by atoms with Crippen LogP contribution in [0.3, 0.4) is 0 Å². The minimum atomic E-state index is -1.27. The van der Waals surface area contributed by atoms with Crippen LogP contribution >= 0.6 is 11.6 Å². The van der Waals surface area contributed by atoms with Gasteiger partial charge in [0.15, 0.2) is 23.5 Å². The Balaban J connectivity index is 2.49. The van der Waals surface area contributed by atoms with E-state index >= 15 is 0 Å². The van der Waals surface area contributed by atoms with Crippen molar-refractivity contribution in [2.24, 2.45) is 5.73 Å². The standard InChI is InChI=1S/C17H18ClF2N5O4/c1-4-29-17(28)12-7-13(25(23-12)16(14(21)26)24(2)3)22-15(27)8-5-10(19)11(20)6-9(8)18/h5-7,16H,4H2,1-3H3,(H2,21,26)(H,22,27). The first-order valence-corrected chi connectivity index (χ1v) is 8.62. The quantitative estimate of drug-likeness (QED) is 0.511. The molecule has 0 saturated carbocycles. The molecule has 0 aliphatic carbocycles. The van der Waals surface area contributed by atoms with E-state index in [1.165, 1.54) is 19.0 Å². The number of halogens is 3. The highest BCUT2D eigenvalue weighted by atomic mass is 35.5. The van der Waals surface area contributed by atoms with E-state index in [1.807, 2.05) is 0 Å². The maximum absolute atomic E-state index is 13.5. The second-order valence-corrected chi connectivity index (χ2v) is 6.43. The van der Waals surface area contributed by atoms with Crippen molar-refractivity contribution in [2.45, 2.75) is 13.1 Å². The summed E-state index contributed by atoms with van der Waals surface area (Å²) in [5.41, 5.74) is 4.84. The van der Waals surface area contributed by atoms with Crippen LogP contribution in [-0.4, -0.2) is 53.2 Å². The predicted octanol–water partition coefficient (Wildman–Crippen LogP) is 1.79. The molecular formula is C17H18ClF2N5O4. The number of anilines is 1. The number of likely N-dealkylation sites (N-methyl/N-ethyl adjacent to an activating group) is 1. The number of nitrogens with two attached hydrogens (primary N) is 1. The van der Waals surface area contributed by atoms with Crippen LogP contribution in [0.15, 0.2) is 18.2 Å². The minimum absolute atomic E-state index is 0.0742. The molecule has 0 spiro atoms. The van der Waals surface area contributed by atoms with Crippen molar-refractivity contribution < 1.29 is 27.9 Å². The fourth-order valence-corrected chi connectivity index (χ4v) is 2.69. The summed E-state index contributed by atoms with van der Waals surface area (Å²) < 4.78 is 32.6. The number of aromatic nitrogens is 2. The lowest BCUT2D eigenvalue weighted by Crippen LogP contribution is -2.38. The molecule has 0 aliphatic heterocycles. The molecule has 29 heavy (non-hydrogen) atoms. The van der Waals surface area contributed by atoms with Crippen molar-refractivity contribution in [2.75, 3.05) is 26.0 Å². The molecule has 2 rings (SSSR count). The monoisotopic (exact) mass is 429 g/mol. The summed E-state index contributed by atoms with van der Waals surface area (Å²) in [6, 6.07) is 2.43. The number of carbonyl (C=O) groups excluding carboxylic acids is 3. The van der Waals surface area contributed by atoms with E-state index < -0.39 is 35.6 Å². The van der Waals surface area contributed by atoms with E-state index in [-0.39, 0.29) is 28.7 Å². The Hall–Kier alpha value is -3.05. The van der Waals surface area contributed by atoms with Gasteiger partial charge in [0.2, 0.25) is 0 Å². The molecule has 9 nitrogen and oxygen atoms in total.